The van der Waals surface area contributed by atoms with E-state index in [4.69, 9.17) is 11.6 Å². The first-order chi connectivity index (χ1) is 9.97. The van der Waals surface area contributed by atoms with Gasteiger partial charge in [-0.25, -0.2) is 5.43 Å². The van der Waals surface area contributed by atoms with E-state index in [2.05, 4.69) is 31.4 Å². The first-order valence-corrected chi connectivity index (χ1v) is 7.08. The van der Waals surface area contributed by atoms with E-state index in [0.717, 1.165) is 5.69 Å². The van der Waals surface area contributed by atoms with Crippen LogP contribution in [0.15, 0.2) is 40.0 Å². The molecule has 1 aromatic carbocycles. The van der Waals surface area contributed by atoms with Gasteiger partial charge in [0, 0.05) is 22.5 Å². The van der Waals surface area contributed by atoms with Gasteiger partial charge in [0.2, 0.25) is 0 Å². The minimum atomic E-state index is -0.390. The van der Waals surface area contributed by atoms with E-state index in [1.807, 2.05) is 6.92 Å². The summed E-state index contributed by atoms with van der Waals surface area (Å²) in [6, 6.07) is 6.48. The highest BCUT2D eigenvalue weighted by atomic mass is 79.9. The second kappa shape index (κ2) is 6.69. The molecule has 0 atom stereocenters. The van der Waals surface area contributed by atoms with Crippen molar-refractivity contribution in [1.82, 2.24) is 10.4 Å². The highest BCUT2D eigenvalue weighted by Crippen LogP contribution is 2.30. The summed E-state index contributed by atoms with van der Waals surface area (Å²) in [4.78, 5) is 15.8. The number of amides is 1. The van der Waals surface area contributed by atoms with Crippen LogP contribution in [0.3, 0.4) is 0 Å². The third-order valence-corrected chi connectivity index (χ3v) is 3.42. The number of nitrogens with one attached hydrogen (secondary N) is 1. The van der Waals surface area contributed by atoms with Crippen molar-refractivity contribution in [2.24, 2.45) is 5.10 Å². The van der Waals surface area contributed by atoms with E-state index in [-0.39, 0.29) is 11.7 Å². The van der Waals surface area contributed by atoms with Crippen LogP contribution in [0.1, 0.15) is 21.6 Å². The third kappa shape index (κ3) is 4.03. The lowest BCUT2D eigenvalue weighted by Crippen LogP contribution is -2.17. The van der Waals surface area contributed by atoms with Crippen LogP contribution in [-0.4, -0.2) is 22.2 Å². The van der Waals surface area contributed by atoms with Crippen molar-refractivity contribution in [1.29, 1.82) is 0 Å². The van der Waals surface area contributed by atoms with Gasteiger partial charge in [-0.05, 0) is 47.1 Å². The van der Waals surface area contributed by atoms with Gasteiger partial charge < -0.3 is 5.11 Å². The molecule has 2 N–H and O–H groups in total. The average Bonchev–Trinajstić information content (AvgIpc) is 2.44. The quantitative estimate of drug-likeness (QED) is 0.645. The van der Waals surface area contributed by atoms with Crippen LogP contribution in [0, 0.1) is 6.92 Å². The van der Waals surface area contributed by atoms with Crippen LogP contribution in [0.2, 0.25) is 5.02 Å². The van der Waals surface area contributed by atoms with Crippen LogP contribution >= 0.6 is 27.5 Å². The minimum absolute atomic E-state index is 0.00518. The summed E-state index contributed by atoms with van der Waals surface area (Å²) in [7, 11) is 0. The SMILES string of the molecule is Cc1ccc(C(=O)N/N=C/c2cc(Cl)cc(Br)c2O)cn1. The van der Waals surface area contributed by atoms with Crippen LogP contribution in [0.25, 0.3) is 0 Å². The maximum absolute atomic E-state index is 11.8. The van der Waals surface area contributed by atoms with E-state index in [1.165, 1.54) is 18.5 Å². The van der Waals surface area contributed by atoms with Gasteiger partial charge in [0.05, 0.1) is 16.3 Å². The summed E-state index contributed by atoms with van der Waals surface area (Å²) in [6.07, 6.45) is 2.78. The molecule has 1 amide bonds. The third-order valence-electron chi connectivity index (χ3n) is 2.60. The lowest BCUT2D eigenvalue weighted by Gasteiger charge is -2.03. The maximum atomic E-state index is 11.8. The molecule has 1 aromatic heterocycles. The molecule has 0 radical (unpaired) electrons. The van der Waals surface area contributed by atoms with E-state index in [9.17, 15) is 9.90 Å². The van der Waals surface area contributed by atoms with Gasteiger partial charge in [-0.2, -0.15) is 5.10 Å². The number of pyridine rings is 1. The molecule has 2 aromatic rings. The summed E-state index contributed by atoms with van der Waals surface area (Å²) in [6.45, 7) is 1.83. The number of aryl methyl sites for hydroxylation is 1. The van der Waals surface area contributed by atoms with Gasteiger partial charge >= 0.3 is 0 Å². The van der Waals surface area contributed by atoms with Crippen molar-refractivity contribution >= 4 is 39.7 Å². The highest BCUT2D eigenvalue weighted by molar-refractivity contribution is 9.10. The largest absolute Gasteiger partial charge is 0.506 e. The summed E-state index contributed by atoms with van der Waals surface area (Å²) < 4.78 is 0.450. The normalized spacial score (nSPS) is 10.8. The fourth-order valence-electron chi connectivity index (χ4n) is 1.51. The highest BCUT2D eigenvalue weighted by Gasteiger charge is 2.07. The van der Waals surface area contributed by atoms with Crippen LogP contribution in [0.5, 0.6) is 5.75 Å². The lowest BCUT2D eigenvalue weighted by atomic mass is 10.2. The molecule has 0 aliphatic heterocycles. The Kier molecular flexibility index (Phi) is 4.93. The number of halogens is 2. The van der Waals surface area contributed by atoms with E-state index in [1.54, 1.807) is 18.2 Å². The van der Waals surface area contributed by atoms with Crippen LogP contribution in [0.4, 0.5) is 0 Å². The molecule has 0 aliphatic rings. The zero-order valence-electron chi connectivity index (χ0n) is 11.0. The van der Waals surface area contributed by atoms with Crippen LogP contribution < -0.4 is 5.43 Å². The maximum Gasteiger partial charge on any atom is 0.272 e. The standard InChI is InChI=1S/C14H11BrClN3O2/c1-8-2-3-9(6-17-8)14(21)19-18-7-10-4-11(16)5-12(15)13(10)20/h2-7,20H,1H3,(H,19,21)/b18-7+. The van der Waals surface area contributed by atoms with Gasteiger partial charge in [0.1, 0.15) is 5.75 Å². The summed E-state index contributed by atoms with van der Waals surface area (Å²) in [5, 5.41) is 14.0. The summed E-state index contributed by atoms with van der Waals surface area (Å²) in [5.74, 6) is -0.395. The molecule has 21 heavy (non-hydrogen) atoms. The first-order valence-electron chi connectivity index (χ1n) is 5.91. The minimum Gasteiger partial charge on any atom is -0.506 e. The van der Waals surface area contributed by atoms with Gasteiger partial charge in [0.25, 0.3) is 5.91 Å². The second-order valence-electron chi connectivity index (χ2n) is 4.21. The Morgan fingerprint density at radius 3 is 2.90 bits per heavy atom. The zero-order valence-corrected chi connectivity index (χ0v) is 13.3. The number of aromatic nitrogens is 1. The van der Waals surface area contributed by atoms with Gasteiger partial charge in [-0.15, -0.1) is 0 Å². The molecule has 7 heteroatoms. The average molecular weight is 369 g/mol. The van der Waals surface area contributed by atoms with Crippen molar-refractivity contribution < 1.29 is 9.90 Å². The monoisotopic (exact) mass is 367 g/mol. The van der Waals surface area contributed by atoms with E-state index in [0.29, 0.717) is 20.6 Å². The van der Waals surface area contributed by atoms with E-state index >= 15 is 0 Å². The first kappa shape index (κ1) is 15.5. The Balaban J connectivity index is 2.09. The van der Waals surface area contributed by atoms with Gasteiger partial charge in [-0.1, -0.05) is 11.6 Å². The number of hydrogen-bond donors (Lipinski definition) is 2. The van der Waals surface area contributed by atoms with Crippen LogP contribution in [-0.2, 0) is 0 Å². The number of aromatic hydroxyl groups is 1. The Labute approximate surface area is 134 Å². The van der Waals surface area contributed by atoms with Crippen molar-refractivity contribution in [2.75, 3.05) is 0 Å². The molecule has 0 saturated carbocycles. The number of phenolic OH excluding ortho intramolecular Hbond substituents is 1. The van der Waals surface area contributed by atoms with Crippen molar-refractivity contribution in [3.63, 3.8) is 0 Å². The predicted octanol–water partition coefficient (Wildman–Crippen LogP) is 3.28. The number of rotatable bonds is 3. The number of nitrogens with zero attached hydrogens (tertiary/aromatic N) is 2. The lowest BCUT2D eigenvalue weighted by molar-refractivity contribution is 0.0954. The van der Waals surface area contributed by atoms with E-state index < -0.39 is 0 Å². The molecule has 0 fully saturated rings. The number of hydrazone groups is 1. The number of hydrogen-bond acceptors (Lipinski definition) is 4. The van der Waals surface area contributed by atoms with Crippen molar-refractivity contribution in [2.45, 2.75) is 6.92 Å². The number of benzene rings is 1. The number of phenols is 1. The molecule has 0 saturated heterocycles. The molecule has 0 spiro atoms. The fraction of sp³-hybridized carbons (Fsp3) is 0.0714. The molecule has 108 valence electrons. The Morgan fingerprint density at radius 1 is 1.48 bits per heavy atom. The Hall–Kier alpha value is -1.92. The fourth-order valence-corrected chi connectivity index (χ4v) is 2.35. The number of carbonyl (C=O) groups excluding carboxylic acids is 1. The molecular formula is C14H11BrClN3O2. The second-order valence-corrected chi connectivity index (χ2v) is 5.50. The van der Waals surface area contributed by atoms with Crippen molar-refractivity contribution in [3.05, 3.63) is 56.8 Å². The van der Waals surface area contributed by atoms with Crippen molar-refractivity contribution in [3.8, 4) is 5.75 Å². The molecular weight excluding hydrogens is 358 g/mol. The zero-order chi connectivity index (χ0) is 15.4. The Morgan fingerprint density at radius 2 is 2.24 bits per heavy atom. The number of carbonyl (C=O) groups is 1. The van der Waals surface area contributed by atoms with Gasteiger partial charge in [0.15, 0.2) is 0 Å². The molecule has 0 bridgehead atoms. The predicted molar refractivity (Wildman–Crippen MR) is 84.9 cm³/mol. The topological polar surface area (TPSA) is 74.6 Å². The molecule has 0 unspecified atom stereocenters. The van der Waals surface area contributed by atoms with Gasteiger partial charge in [-0.3, -0.25) is 9.78 Å². The molecule has 1 heterocycles. The smallest absolute Gasteiger partial charge is 0.272 e. The summed E-state index contributed by atoms with van der Waals surface area (Å²) in [5.41, 5.74) is 3.96. The molecule has 0 aliphatic carbocycles. The Bertz CT molecular complexity index is 702. The molecule has 2 rings (SSSR count). The summed E-state index contributed by atoms with van der Waals surface area (Å²) >= 11 is 9.05. The molecule has 5 nitrogen and oxygen atoms in total.